The molecule has 2 aromatic heterocycles. The summed E-state index contributed by atoms with van der Waals surface area (Å²) in [4.78, 5) is 17.8. The van der Waals surface area contributed by atoms with Gasteiger partial charge in [-0.25, -0.2) is 8.78 Å². The zero-order valence-corrected chi connectivity index (χ0v) is 20.1. The van der Waals surface area contributed by atoms with Gasteiger partial charge in [0.25, 0.3) is 5.91 Å². The number of phenolic OH excluding ortho intramolecular Hbond substituents is 1. The van der Waals surface area contributed by atoms with Crippen LogP contribution in [0.3, 0.4) is 0 Å². The second-order valence-corrected chi connectivity index (χ2v) is 9.05. The number of aryl methyl sites for hydroxylation is 1. The molecular weight excluding hydrogens is 476 g/mol. The summed E-state index contributed by atoms with van der Waals surface area (Å²) in [5.74, 6) is -2.32. The topological polar surface area (TPSA) is 80.5 Å². The van der Waals surface area contributed by atoms with Crippen LogP contribution >= 0.6 is 0 Å². The molecule has 184 valence electrons. The highest BCUT2D eigenvalue weighted by Gasteiger charge is 2.43. The summed E-state index contributed by atoms with van der Waals surface area (Å²) < 4.78 is 36.6. The zero-order chi connectivity index (χ0) is 26.3. The van der Waals surface area contributed by atoms with E-state index >= 15 is 8.78 Å². The van der Waals surface area contributed by atoms with E-state index in [1.54, 1.807) is 25.4 Å². The fraction of sp³-hybridized carbons (Fsp3) is 0.269. The fourth-order valence-corrected chi connectivity index (χ4v) is 4.58. The Morgan fingerprint density at radius 2 is 1.81 bits per heavy atom. The normalized spacial score (nSPS) is 16.1. The minimum atomic E-state index is -1.80. The lowest BCUT2D eigenvalue weighted by atomic mass is 9.59. The van der Waals surface area contributed by atoms with Crippen LogP contribution in [0.25, 0.3) is 22.0 Å². The molecule has 2 aliphatic rings. The van der Waals surface area contributed by atoms with Gasteiger partial charge in [0.1, 0.15) is 22.9 Å². The number of aromatic nitrogens is 3. The van der Waals surface area contributed by atoms with Crippen molar-refractivity contribution in [2.45, 2.75) is 24.7 Å². The first-order chi connectivity index (χ1) is 17.7. The third-order valence-electron chi connectivity index (χ3n) is 6.47. The Morgan fingerprint density at radius 1 is 1.11 bits per heavy atom. The van der Waals surface area contributed by atoms with Crippen LogP contribution in [0.2, 0.25) is 0 Å². The van der Waals surface area contributed by atoms with Crippen LogP contribution in [-0.4, -0.2) is 59.6 Å². The van der Waals surface area contributed by atoms with E-state index in [-0.39, 0.29) is 28.1 Å². The van der Waals surface area contributed by atoms with Crippen LogP contribution in [-0.2, 0) is 23.7 Å². The van der Waals surface area contributed by atoms with Crippen LogP contribution in [0, 0.1) is 11.6 Å². The van der Waals surface area contributed by atoms with E-state index in [1.165, 1.54) is 35.9 Å². The maximum Gasteiger partial charge on any atom is 0.255 e. The fourth-order valence-electron chi connectivity index (χ4n) is 4.58. The van der Waals surface area contributed by atoms with Crippen LogP contribution in [0.1, 0.15) is 34.5 Å². The molecule has 4 heterocycles. The number of fused-ring (bicyclic) bond motifs is 2. The smallest absolute Gasteiger partial charge is 0.255 e. The molecule has 0 saturated carbocycles. The quantitative estimate of drug-likeness (QED) is 0.438. The second-order valence-electron chi connectivity index (χ2n) is 9.05. The molecule has 2 aliphatic heterocycles. The number of benzene rings is 2. The zero-order valence-electron chi connectivity index (χ0n) is 20.1. The molecule has 4 aromatic rings. The molecule has 1 amide bonds. The number of amides is 1. The lowest BCUT2D eigenvalue weighted by molar-refractivity contribution is 0.0727. The first kappa shape index (κ1) is 25.0. The van der Waals surface area contributed by atoms with Gasteiger partial charge in [-0.1, -0.05) is 0 Å². The number of hydrogen-bond acceptors (Lipinski definition) is 5. The van der Waals surface area contributed by atoms with Crippen LogP contribution < -0.4 is 0 Å². The van der Waals surface area contributed by atoms with Crippen molar-refractivity contribution >= 4 is 32.5 Å². The van der Waals surface area contributed by atoms with Crippen molar-refractivity contribution in [1.29, 1.82) is 0 Å². The minimum Gasteiger partial charge on any atom is -0.506 e. The standard InChI is InChI=1S/C22H14B2F2N4O2.C4H8O/c1-29-9-14-12(4-5-18(31)19(14)28-29)11-7-16(25)15(17(26)8-11)10-30-21(32)13-3-2-6-27-20(13)22(30,23)24;1-2-4-5-3-1/h2-9,31H,10H2,1H3;1-4H2. The van der Waals surface area contributed by atoms with E-state index in [4.69, 9.17) is 20.4 Å². The number of carbonyl (C=O) groups is 1. The van der Waals surface area contributed by atoms with Gasteiger partial charge in [-0.05, 0) is 60.4 Å². The molecule has 11 heteroatoms. The Balaban J connectivity index is 0.000000503. The van der Waals surface area contributed by atoms with Crippen molar-refractivity contribution in [2.24, 2.45) is 7.05 Å². The van der Waals surface area contributed by atoms with Gasteiger partial charge in [0.15, 0.2) is 0 Å². The number of halogens is 2. The summed E-state index contributed by atoms with van der Waals surface area (Å²) in [6.45, 7) is 1.53. The van der Waals surface area contributed by atoms with Crippen LogP contribution in [0.15, 0.2) is 48.8 Å². The molecule has 0 aliphatic carbocycles. The van der Waals surface area contributed by atoms with Crippen molar-refractivity contribution in [3.63, 3.8) is 0 Å². The van der Waals surface area contributed by atoms with Gasteiger partial charge in [-0.2, -0.15) is 5.10 Å². The molecule has 1 N–H and O–H groups in total. The molecule has 6 rings (SSSR count). The van der Waals surface area contributed by atoms with Gasteiger partial charge < -0.3 is 14.7 Å². The Kier molecular flexibility index (Phi) is 6.49. The van der Waals surface area contributed by atoms with E-state index in [9.17, 15) is 9.90 Å². The predicted molar refractivity (Wildman–Crippen MR) is 135 cm³/mol. The van der Waals surface area contributed by atoms with Gasteiger partial charge in [-0.15, -0.1) is 0 Å². The van der Waals surface area contributed by atoms with Crippen molar-refractivity contribution in [1.82, 2.24) is 19.7 Å². The largest absolute Gasteiger partial charge is 0.506 e. The molecular formula is C26H22B2F2N4O3. The molecule has 0 atom stereocenters. The average molecular weight is 498 g/mol. The number of hydrogen-bond donors (Lipinski definition) is 1. The van der Waals surface area contributed by atoms with Crippen molar-refractivity contribution in [2.75, 3.05) is 13.2 Å². The minimum absolute atomic E-state index is 0.0372. The number of rotatable bonds is 3. The van der Waals surface area contributed by atoms with Crippen molar-refractivity contribution in [3.05, 3.63) is 77.2 Å². The molecule has 0 bridgehead atoms. The molecule has 4 radical (unpaired) electrons. The van der Waals surface area contributed by atoms with E-state index in [0.29, 0.717) is 16.5 Å². The number of pyridine rings is 1. The van der Waals surface area contributed by atoms with Crippen molar-refractivity contribution in [3.8, 4) is 16.9 Å². The number of phenols is 1. The third kappa shape index (κ3) is 4.48. The third-order valence-corrected chi connectivity index (χ3v) is 6.47. The number of aromatic hydroxyl groups is 1. The summed E-state index contributed by atoms with van der Waals surface area (Å²) in [5, 5.41) is 12.9. The lowest BCUT2D eigenvalue weighted by Gasteiger charge is -2.33. The van der Waals surface area contributed by atoms with E-state index in [2.05, 4.69) is 10.1 Å². The average Bonchev–Trinajstić information content (AvgIpc) is 3.60. The van der Waals surface area contributed by atoms with E-state index < -0.39 is 29.4 Å². The van der Waals surface area contributed by atoms with E-state index in [1.807, 2.05) is 0 Å². The number of ether oxygens (including phenoxy) is 1. The highest BCUT2D eigenvalue weighted by Crippen LogP contribution is 2.37. The summed E-state index contributed by atoms with van der Waals surface area (Å²) in [7, 11) is 13.9. The van der Waals surface area contributed by atoms with Crippen LogP contribution in [0.5, 0.6) is 5.75 Å². The second kappa shape index (κ2) is 9.63. The van der Waals surface area contributed by atoms with E-state index in [0.717, 1.165) is 30.2 Å². The Morgan fingerprint density at radius 3 is 2.43 bits per heavy atom. The van der Waals surface area contributed by atoms with Gasteiger partial charge in [0, 0.05) is 48.9 Å². The molecule has 2 aromatic carbocycles. The molecule has 0 unspecified atom stereocenters. The number of nitrogens with zero attached hydrogens (tertiary/aromatic N) is 4. The van der Waals surface area contributed by atoms with Gasteiger partial charge in [-0.3, -0.25) is 14.5 Å². The van der Waals surface area contributed by atoms with Gasteiger partial charge >= 0.3 is 0 Å². The number of carbonyl (C=O) groups excluding carboxylic acids is 1. The first-order valence-electron chi connectivity index (χ1n) is 11.7. The van der Waals surface area contributed by atoms with Gasteiger partial charge in [0.2, 0.25) is 0 Å². The molecule has 1 fully saturated rings. The lowest BCUT2D eigenvalue weighted by Crippen LogP contribution is -2.45. The highest BCUT2D eigenvalue weighted by atomic mass is 19.1. The molecule has 7 nitrogen and oxygen atoms in total. The predicted octanol–water partition coefficient (Wildman–Crippen LogP) is 3.52. The van der Waals surface area contributed by atoms with Crippen molar-refractivity contribution < 1.29 is 23.4 Å². The summed E-state index contributed by atoms with van der Waals surface area (Å²) in [6, 6.07) is 8.38. The molecule has 0 spiro atoms. The SMILES string of the molecule is C1CCOC1.[B]C1([B])c2ncccc2C(=O)N1Cc1c(F)cc(-c2ccc(O)c3nn(C)cc23)cc1F. The Bertz CT molecular complexity index is 1470. The maximum atomic E-state index is 15.1. The summed E-state index contributed by atoms with van der Waals surface area (Å²) in [5.41, 5.74) is 1.06. The van der Waals surface area contributed by atoms with Crippen LogP contribution in [0.4, 0.5) is 8.78 Å². The monoisotopic (exact) mass is 498 g/mol. The summed E-state index contributed by atoms with van der Waals surface area (Å²) in [6.07, 6.45) is 5.65. The Labute approximate surface area is 214 Å². The molecule has 37 heavy (non-hydrogen) atoms. The Hall–Kier alpha value is -3.72. The summed E-state index contributed by atoms with van der Waals surface area (Å²) >= 11 is 0. The molecule has 1 saturated heterocycles. The van der Waals surface area contributed by atoms with Gasteiger partial charge in [0.05, 0.1) is 33.5 Å². The highest BCUT2D eigenvalue weighted by molar-refractivity contribution is 6.42. The maximum absolute atomic E-state index is 15.1. The first-order valence-corrected chi connectivity index (χ1v) is 11.7.